The fraction of sp³-hybridized carbons (Fsp3) is 0.385. The second-order valence-electron chi connectivity index (χ2n) is 9.22. The second-order valence-corrected chi connectivity index (χ2v) is 9.22. The molecule has 1 atom stereocenters. The van der Waals surface area contributed by atoms with Crippen molar-refractivity contribution >= 4 is 23.8 Å². The van der Waals surface area contributed by atoms with Gasteiger partial charge in [0.25, 0.3) is 11.8 Å². The van der Waals surface area contributed by atoms with E-state index in [0.717, 1.165) is 16.1 Å². The molecule has 2 aromatic carbocycles. The van der Waals surface area contributed by atoms with Gasteiger partial charge in [-0.25, -0.2) is 4.79 Å². The molecule has 2 aliphatic heterocycles. The SMILES string of the molecule is COc1ccc(C2(C)NC(=O)N(NC(=O)CN3CCN(C(=O)Cc4ccccc4C)CC3)C2=O)cc1. The number of methoxy groups -OCH3 is 1. The number of hydrazine groups is 1. The molecule has 0 bridgehead atoms. The molecule has 10 nitrogen and oxygen atoms in total. The molecule has 0 aliphatic carbocycles. The number of benzene rings is 2. The summed E-state index contributed by atoms with van der Waals surface area (Å²) in [6.45, 7) is 5.66. The van der Waals surface area contributed by atoms with Crippen LogP contribution in [0.1, 0.15) is 23.6 Å². The third kappa shape index (κ3) is 5.18. The maximum atomic E-state index is 13.1. The third-order valence-corrected chi connectivity index (χ3v) is 6.79. The predicted octanol–water partition coefficient (Wildman–Crippen LogP) is 1.19. The van der Waals surface area contributed by atoms with Crippen molar-refractivity contribution in [3.63, 3.8) is 0 Å². The maximum Gasteiger partial charge on any atom is 0.344 e. The van der Waals surface area contributed by atoms with Crippen LogP contribution in [-0.2, 0) is 26.3 Å². The van der Waals surface area contributed by atoms with Gasteiger partial charge in [-0.3, -0.25) is 24.7 Å². The third-order valence-electron chi connectivity index (χ3n) is 6.79. The number of ether oxygens (including phenoxy) is 1. The zero-order valence-electron chi connectivity index (χ0n) is 20.7. The molecular weight excluding hydrogens is 462 g/mol. The average Bonchev–Trinajstić information content (AvgIpc) is 3.09. The standard InChI is InChI=1S/C26H31N5O5/c1-18-6-4-5-7-19(18)16-23(33)30-14-12-29(13-15-30)17-22(32)28-31-24(34)26(2,27-25(31)35)20-8-10-21(36-3)11-9-20/h4-11H,12-17H2,1-3H3,(H,27,35)(H,28,32). The molecule has 0 saturated carbocycles. The average molecular weight is 494 g/mol. The number of imide groups is 1. The van der Waals surface area contributed by atoms with E-state index < -0.39 is 23.4 Å². The normalized spacial score (nSPS) is 20.3. The molecule has 5 amide bonds. The molecular formula is C26H31N5O5. The van der Waals surface area contributed by atoms with Crippen LogP contribution in [0.15, 0.2) is 48.5 Å². The van der Waals surface area contributed by atoms with Gasteiger partial charge in [0.1, 0.15) is 11.3 Å². The van der Waals surface area contributed by atoms with Crippen molar-refractivity contribution in [3.8, 4) is 5.75 Å². The number of piperazine rings is 1. The van der Waals surface area contributed by atoms with E-state index >= 15 is 0 Å². The number of hydrogen-bond donors (Lipinski definition) is 2. The van der Waals surface area contributed by atoms with E-state index in [4.69, 9.17) is 4.74 Å². The van der Waals surface area contributed by atoms with E-state index in [2.05, 4.69) is 10.7 Å². The van der Waals surface area contributed by atoms with Crippen LogP contribution in [0.2, 0.25) is 0 Å². The Kier molecular flexibility index (Phi) is 7.25. The van der Waals surface area contributed by atoms with Gasteiger partial charge in [0.2, 0.25) is 5.91 Å². The molecule has 1 unspecified atom stereocenters. The molecule has 2 N–H and O–H groups in total. The Bertz CT molecular complexity index is 1160. The first-order valence-electron chi connectivity index (χ1n) is 11.9. The van der Waals surface area contributed by atoms with Crippen molar-refractivity contribution < 1.29 is 23.9 Å². The van der Waals surface area contributed by atoms with Gasteiger partial charge in [-0.15, -0.1) is 0 Å². The fourth-order valence-electron chi connectivity index (χ4n) is 4.46. The summed E-state index contributed by atoms with van der Waals surface area (Å²) in [6.07, 6.45) is 0.353. The maximum absolute atomic E-state index is 13.1. The lowest BCUT2D eigenvalue weighted by Crippen LogP contribution is -2.54. The first-order chi connectivity index (χ1) is 17.2. The van der Waals surface area contributed by atoms with Crippen molar-refractivity contribution in [2.45, 2.75) is 25.8 Å². The highest BCUT2D eigenvalue weighted by Crippen LogP contribution is 2.29. The molecule has 36 heavy (non-hydrogen) atoms. The summed E-state index contributed by atoms with van der Waals surface area (Å²) in [4.78, 5) is 54.6. The summed E-state index contributed by atoms with van der Waals surface area (Å²) in [6, 6.07) is 13.9. The fourth-order valence-corrected chi connectivity index (χ4v) is 4.46. The van der Waals surface area contributed by atoms with Gasteiger partial charge in [0, 0.05) is 26.2 Å². The van der Waals surface area contributed by atoms with E-state index in [1.165, 1.54) is 0 Å². The molecule has 4 rings (SSSR count). The highest BCUT2D eigenvalue weighted by atomic mass is 16.5. The van der Waals surface area contributed by atoms with Crippen LogP contribution in [0.4, 0.5) is 4.79 Å². The Morgan fingerprint density at radius 1 is 1.03 bits per heavy atom. The number of rotatable bonds is 7. The first kappa shape index (κ1) is 25.2. The Hall–Kier alpha value is -3.92. The van der Waals surface area contributed by atoms with Crippen LogP contribution in [0.3, 0.4) is 0 Å². The Morgan fingerprint density at radius 3 is 2.33 bits per heavy atom. The van der Waals surface area contributed by atoms with Crippen LogP contribution in [0.25, 0.3) is 0 Å². The van der Waals surface area contributed by atoms with E-state index in [9.17, 15) is 19.2 Å². The van der Waals surface area contributed by atoms with E-state index in [-0.39, 0.29) is 12.5 Å². The van der Waals surface area contributed by atoms with Gasteiger partial charge in [0.05, 0.1) is 20.1 Å². The zero-order chi connectivity index (χ0) is 25.9. The van der Waals surface area contributed by atoms with E-state index in [0.29, 0.717) is 43.9 Å². The van der Waals surface area contributed by atoms with Crippen molar-refractivity contribution in [1.29, 1.82) is 0 Å². The Balaban J connectivity index is 1.28. The number of carbonyl (C=O) groups excluding carboxylic acids is 4. The molecule has 2 aromatic rings. The molecule has 2 saturated heterocycles. The van der Waals surface area contributed by atoms with Crippen LogP contribution in [0.5, 0.6) is 5.75 Å². The number of aryl methyl sites for hydroxylation is 1. The Morgan fingerprint density at radius 2 is 1.69 bits per heavy atom. The largest absolute Gasteiger partial charge is 0.497 e. The number of urea groups is 1. The molecule has 2 fully saturated rings. The Labute approximate surface area is 210 Å². The molecule has 0 aromatic heterocycles. The topological polar surface area (TPSA) is 111 Å². The summed E-state index contributed by atoms with van der Waals surface area (Å²) in [7, 11) is 1.54. The van der Waals surface area contributed by atoms with Crippen LogP contribution in [0, 0.1) is 6.92 Å². The predicted molar refractivity (Wildman–Crippen MR) is 132 cm³/mol. The van der Waals surface area contributed by atoms with Crippen LogP contribution >= 0.6 is 0 Å². The zero-order valence-corrected chi connectivity index (χ0v) is 20.7. The van der Waals surface area contributed by atoms with Crippen molar-refractivity contribution in [2.75, 3.05) is 39.8 Å². The molecule has 2 heterocycles. The number of nitrogens with zero attached hydrogens (tertiary/aromatic N) is 3. The van der Waals surface area contributed by atoms with Gasteiger partial charge in [-0.05, 0) is 42.7 Å². The van der Waals surface area contributed by atoms with Gasteiger partial charge >= 0.3 is 6.03 Å². The minimum absolute atomic E-state index is 0.0101. The van der Waals surface area contributed by atoms with Gasteiger partial charge < -0.3 is 15.0 Å². The van der Waals surface area contributed by atoms with Crippen LogP contribution in [-0.4, -0.2) is 78.4 Å². The quantitative estimate of drug-likeness (QED) is 0.561. The lowest BCUT2D eigenvalue weighted by atomic mass is 9.92. The summed E-state index contributed by atoms with van der Waals surface area (Å²) < 4.78 is 5.14. The van der Waals surface area contributed by atoms with Crippen molar-refractivity contribution in [3.05, 3.63) is 65.2 Å². The molecule has 0 radical (unpaired) electrons. The van der Waals surface area contributed by atoms with Gasteiger partial charge in [0.15, 0.2) is 0 Å². The van der Waals surface area contributed by atoms with Crippen LogP contribution < -0.4 is 15.5 Å². The monoisotopic (exact) mass is 493 g/mol. The van der Waals surface area contributed by atoms with Gasteiger partial charge in [-0.2, -0.15) is 5.01 Å². The minimum Gasteiger partial charge on any atom is -0.497 e. The van der Waals surface area contributed by atoms with Crippen molar-refractivity contribution in [2.24, 2.45) is 0 Å². The smallest absolute Gasteiger partial charge is 0.344 e. The van der Waals surface area contributed by atoms with E-state index in [1.807, 2.05) is 36.1 Å². The molecule has 10 heteroatoms. The lowest BCUT2D eigenvalue weighted by molar-refractivity contribution is -0.140. The lowest BCUT2D eigenvalue weighted by Gasteiger charge is -2.34. The molecule has 2 aliphatic rings. The summed E-state index contributed by atoms with van der Waals surface area (Å²) in [5, 5.41) is 3.39. The van der Waals surface area contributed by atoms with E-state index in [1.54, 1.807) is 43.2 Å². The second kappa shape index (κ2) is 10.4. The summed E-state index contributed by atoms with van der Waals surface area (Å²) in [5.41, 5.74) is 3.80. The highest BCUT2D eigenvalue weighted by Gasteiger charge is 2.50. The number of amides is 5. The molecule has 0 spiro atoms. The molecule has 190 valence electrons. The number of carbonyl (C=O) groups is 4. The number of nitrogens with one attached hydrogen (secondary N) is 2. The van der Waals surface area contributed by atoms with Crippen molar-refractivity contribution in [1.82, 2.24) is 25.6 Å². The minimum atomic E-state index is -1.31. The highest BCUT2D eigenvalue weighted by molar-refractivity contribution is 6.08. The number of hydrogen-bond acceptors (Lipinski definition) is 6. The first-order valence-corrected chi connectivity index (χ1v) is 11.9. The van der Waals surface area contributed by atoms with Gasteiger partial charge in [-0.1, -0.05) is 36.4 Å². The summed E-state index contributed by atoms with van der Waals surface area (Å²) >= 11 is 0. The summed E-state index contributed by atoms with van der Waals surface area (Å²) in [5.74, 6) is -0.360.